The first-order chi connectivity index (χ1) is 4.86. The van der Waals surface area contributed by atoms with Crippen LogP contribution >= 0.6 is 11.8 Å². The first kappa shape index (κ1) is 6.04. The Morgan fingerprint density at radius 1 is 1.60 bits per heavy atom. The van der Waals surface area contributed by atoms with Gasteiger partial charge in [0, 0.05) is 16.8 Å². The summed E-state index contributed by atoms with van der Waals surface area (Å²) < 4.78 is 0. The van der Waals surface area contributed by atoms with E-state index in [1.54, 1.807) is 0 Å². The molecule has 1 aromatic rings. The third kappa shape index (κ3) is 0.865. The molecule has 2 nitrogen and oxygen atoms in total. The molecule has 2 rings (SSSR count). The summed E-state index contributed by atoms with van der Waals surface area (Å²) in [5.41, 5.74) is 6.87. The molecule has 0 fully saturated rings. The van der Waals surface area contributed by atoms with Crippen molar-refractivity contribution in [2.24, 2.45) is 0 Å². The van der Waals surface area contributed by atoms with Crippen LogP contribution in [0.1, 0.15) is 5.56 Å². The van der Waals surface area contributed by atoms with Crippen molar-refractivity contribution in [2.45, 2.75) is 11.3 Å². The molecule has 0 atom stereocenters. The number of pyridine rings is 1. The van der Waals surface area contributed by atoms with E-state index in [-0.39, 0.29) is 0 Å². The molecule has 0 bridgehead atoms. The monoisotopic (exact) mass is 152 g/mol. The molecule has 0 spiro atoms. The number of nitrogens with zero attached hydrogens (tertiary/aromatic N) is 1. The summed E-state index contributed by atoms with van der Waals surface area (Å²) in [6, 6.07) is 1.97. The number of thioether (sulfide) groups is 1. The summed E-state index contributed by atoms with van der Waals surface area (Å²) in [4.78, 5) is 5.31. The van der Waals surface area contributed by atoms with Crippen LogP contribution in [0.2, 0.25) is 0 Å². The van der Waals surface area contributed by atoms with Gasteiger partial charge < -0.3 is 5.73 Å². The number of hydrogen-bond acceptors (Lipinski definition) is 3. The first-order valence-electron chi connectivity index (χ1n) is 3.23. The van der Waals surface area contributed by atoms with Gasteiger partial charge in [0.2, 0.25) is 0 Å². The quantitative estimate of drug-likeness (QED) is 0.609. The van der Waals surface area contributed by atoms with Crippen molar-refractivity contribution < 1.29 is 0 Å². The zero-order valence-electron chi connectivity index (χ0n) is 5.50. The third-order valence-electron chi connectivity index (χ3n) is 1.60. The van der Waals surface area contributed by atoms with Crippen molar-refractivity contribution >= 4 is 17.6 Å². The summed E-state index contributed by atoms with van der Waals surface area (Å²) in [7, 11) is 0. The van der Waals surface area contributed by atoms with Crippen molar-refractivity contribution in [3.63, 3.8) is 0 Å². The smallest absolute Gasteiger partial charge is 0.123 e. The summed E-state index contributed by atoms with van der Waals surface area (Å²) in [6.07, 6.45) is 3.01. The number of nitrogens with two attached hydrogens (primary N) is 1. The lowest BCUT2D eigenvalue weighted by molar-refractivity contribution is 1.11. The van der Waals surface area contributed by atoms with Gasteiger partial charge in [0.05, 0.1) is 0 Å². The van der Waals surface area contributed by atoms with Crippen molar-refractivity contribution in [2.75, 3.05) is 11.5 Å². The topological polar surface area (TPSA) is 38.9 Å². The zero-order valence-corrected chi connectivity index (χ0v) is 6.32. The molecule has 1 aliphatic heterocycles. The molecule has 2 heterocycles. The molecule has 3 heteroatoms. The highest BCUT2D eigenvalue weighted by Crippen LogP contribution is 2.30. The summed E-state index contributed by atoms with van der Waals surface area (Å²) in [5.74, 6) is 1.82. The normalized spacial score (nSPS) is 15.2. The Labute approximate surface area is 63.8 Å². The number of hydrogen-bond donors (Lipinski definition) is 1. The second-order valence-corrected chi connectivity index (χ2v) is 3.45. The van der Waals surface area contributed by atoms with Gasteiger partial charge in [-0.3, -0.25) is 0 Å². The molecule has 0 saturated carbocycles. The van der Waals surface area contributed by atoms with E-state index in [1.165, 1.54) is 16.2 Å². The van der Waals surface area contributed by atoms with Crippen LogP contribution in [0.15, 0.2) is 17.2 Å². The van der Waals surface area contributed by atoms with Gasteiger partial charge in [0.1, 0.15) is 5.82 Å². The molecule has 2 N–H and O–H groups in total. The van der Waals surface area contributed by atoms with E-state index in [2.05, 4.69) is 4.98 Å². The van der Waals surface area contributed by atoms with Crippen molar-refractivity contribution in [1.82, 2.24) is 4.98 Å². The number of aromatic nitrogens is 1. The fourth-order valence-corrected chi connectivity index (χ4v) is 2.11. The number of anilines is 1. The number of aryl methyl sites for hydroxylation is 1. The summed E-state index contributed by atoms with van der Waals surface area (Å²) in [5, 5.41) is 0. The second-order valence-electron chi connectivity index (χ2n) is 2.32. The third-order valence-corrected chi connectivity index (χ3v) is 2.69. The van der Waals surface area contributed by atoms with Crippen LogP contribution in [-0.4, -0.2) is 10.7 Å². The lowest BCUT2D eigenvalue weighted by Gasteiger charge is -1.96. The molecule has 0 amide bonds. The molecular formula is C7H8N2S. The van der Waals surface area contributed by atoms with Gasteiger partial charge in [0.25, 0.3) is 0 Å². The molecule has 0 unspecified atom stereocenters. The van der Waals surface area contributed by atoms with E-state index >= 15 is 0 Å². The zero-order chi connectivity index (χ0) is 6.97. The van der Waals surface area contributed by atoms with Gasteiger partial charge in [-0.15, -0.1) is 11.8 Å². The van der Waals surface area contributed by atoms with E-state index in [4.69, 9.17) is 5.73 Å². The van der Waals surface area contributed by atoms with Crippen LogP contribution in [0.5, 0.6) is 0 Å². The van der Waals surface area contributed by atoms with Gasteiger partial charge in [0.15, 0.2) is 0 Å². The van der Waals surface area contributed by atoms with Crippen molar-refractivity contribution in [3.05, 3.63) is 17.8 Å². The Balaban J connectivity index is 2.52. The number of nitrogen functional groups attached to an aromatic ring is 1. The lowest BCUT2D eigenvalue weighted by Crippen LogP contribution is -1.91. The maximum atomic E-state index is 5.51. The van der Waals surface area contributed by atoms with Crippen LogP contribution in [0.3, 0.4) is 0 Å². The maximum Gasteiger partial charge on any atom is 0.123 e. The van der Waals surface area contributed by atoms with Crippen LogP contribution in [0, 0.1) is 0 Å². The number of fused-ring (bicyclic) bond motifs is 1. The van der Waals surface area contributed by atoms with Crippen LogP contribution in [0.25, 0.3) is 0 Å². The highest BCUT2D eigenvalue weighted by molar-refractivity contribution is 7.99. The van der Waals surface area contributed by atoms with Crippen LogP contribution < -0.4 is 5.73 Å². The van der Waals surface area contributed by atoms with E-state index in [1.807, 2.05) is 24.0 Å². The van der Waals surface area contributed by atoms with Gasteiger partial charge in [-0.2, -0.15) is 0 Å². The fraction of sp³-hybridized carbons (Fsp3) is 0.286. The van der Waals surface area contributed by atoms with Gasteiger partial charge in [-0.1, -0.05) is 0 Å². The summed E-state index contributed by atoms with van der Waals surface area (Å²) >= 11 is 1.86. The average molecular weight is 152 g/mol. The van der Waals surface area contributed by atoms with Crippen molar-refractivity contribution in [3.8, 4) is 0 Å². The predicted octanol–water partition coefficient (Wildman–Crippen LogP) is 1.31. The van der Waals surface area contributed by atoms with Crippen LogP contribution in [0.4, 0.5) is 5.82 Å². The molecular weight excluding hydrogens is 144 g/mol. The summed E-state index contributed by atoms with van der Waals surface area (Å²) in [6.45, 7) is 0. The van der Waals surface area contributed by atoms with Gasteiger partial charge in [-0.25, -0.2) is 4.98 Å². The molecule has 1 aromatic heterocycles. The molecule has 0 saturated heterocycles. The lowest BCUT2D eigenvalue weighted by atomic mass is 10.2. The van der Waals surface area contributed by atoms with Gasteiger partial charge in [-0.05, 0) is 18.1 Å². The molecule has 0 aromatic carbocycles. The number of rotatable bonds is 0. The Bertz CT molecular complexity index is 260. The van der Waals surface area contributed by atoms with E-state index in [9.17, 15) is 0 Å². The standard InChI is InChI=1S/C7H8N2S/c8-7-3-5-1-2-10-6(5)4-9-7/h3-4H,1-2H2,(H2,8,9). The highest BCUT2D eigenvalue weighted by Gasteiger charge is 2.10. The average Bonchev–Trinajstić information content (AvgIpc) is 2.33. The Morgan fingerprint density at radius 3 is 3.40 bits per heavy atom. The predicted molar refractivity (Wildman–Crippen MR) is 43.1 cm³/mol. The fourth-order valence-electron chi connectivity index (χ4n) is 1.10. The Morgan fingerprint density at radius 2 is 2.50 bits per heavy atom. The minimum Gasteiger partial charge on any atom is -0.384 e. The Hall–Kier alpha value is -0.700. The molecule has 1 aliphatic rings. The Kier molecular flexibility index (Phi) is 1.31. The second kappa shape index (κ2) is 2.16. The van der Waals surface area contributed by atoms with E-state index in [0.717, 1.165) is 6.42 Å². The minimum absolute atomic E-state index is 0.640. The minimum atomic E-state index is 0.640. The molecule has 0 aliphatic carbocycles. The first-order valence-corrected chi connectivity index (χ1v) is 4.22. The van der Waals surface area contributed by atoms with Gasteiger partial charge >= 0.3 is 0 Å². The molecule has 52 valence electrons. The van der Waals surface area contributed by atoms with E-state index < -0.39 is 0 Å². The molecule has 10 heavy (non-hydrogen) atoms. The maximum absolute atomic E-state index is 5.51. The SMILES string of the molecule is Nc1cc2c(cn1)SCC2. The highest BCUT2D eigenvalue weighted by atomic mass is 32.2. The largest absolute Gasteiger partial charge is 0.384 e. The van der Waals surface area contributed by atoms with Crippen molar-refractivity contribution in [1.29, 1.82) is 0 Å². The molecule has 0 radical (unpaired) electrons. The van der Waals surface area contributed by atoms with E-state index in [0.29, 0.717) is 5.82 Å². The van der Waals surface area contributed by atoms with Crippen LogP contribution in [-0.2, 0) is 6.42 Å².